The van der Waals surface area contributed by atoms with Gasteiger partial charge in [-0.15, -0.1) is 5.10 Å². The number of hydrogen-bond donors (Lipinski definition) is 1. The van der Waals surface area contributed by atoms with E-state index in [0.29, 0.717) is 24.5 Å². The molecule has 1 N–H and O–H groups in total. The van der Waals surface area contributed by atoms with Gasteiger partial charge in [0, 0.05) is 51.0 Å². The van der Waals surface area contributed by atoms with E-state index in [-0.39, 0.29) is 29.5 Å². The molecule has 2 aromatic heterocycles. The quantitative estimate of drug-likeness (QED) is 0.587. The molecular formula is C25H26FN9O. The molecule has 6 rings (SSSR count). The Balaban J connectivity index is 1.12. The summed E-state index contributed by atoms with van der Waals surface area (Å²) in [6.45, 7) is 5.44. The lowest BCUT2D eigenvalue weighted by Gasteiger charge is -2.47. The molecule has 0 saturated carbocycles. The number of nitriles is 1. The van der Waals surface area contributed by atoms with E-state index >= 15 is 0 Å². The number of tetrazole rings is 1. The maximum Gasteiger partial charge on any atom is 0.230 e. The van der Waals surface area contributed by atoms with Crippen molar-refractivity contribution < 1.29 is 9.18 Å². The Morgan fingerprint density at radius 1 is 1.25 bits per heavy atom. The number of piperazine rings is 2. The van der Waals surface area contributed by atoms with Gasteiger partial charge in [0.2, 0.25) is 5.91 Å². The van der Waals surface area contributed by atoms with Crippen molar-refractivity contribution in [1.29, 1.82) is 5.26 Å². The van der Waals surface area contributed by atoms with Crippen LogP contribution < -0.4 is 5.32 Å². The second kappa shape index (κ2) is 9.04. The Labute approximate surface area is 207 Å². The van der Waals surface area contributed by atoms with E-state index in [4.69, 9.17) is 0 Å². The van der Waals surface area contributed by atoms with Crippen LogP contribution in [0.25, 0.3) is 5.82 Å². The highest BCUT2D eigenvalue weighted by atomic mass is 19.1. The lowest BCUT2D eigenvalue weighted by Crippen LogP contribution is -2.63. The van der Waals surface area contributed by atoms with Crippen molar-refractivity contribution in [3.05, 3.63) is 64.4 Å². The first-order chi connectivity index (χ1) is 17.5. The average molecular weight is 488 g/mol. The van der Waals surface area contributed by atoms with Crippen LogP contribution in [0.5, 0.6) is 0 Å². The van der Waals surface area contributed by atoms with E-state index in [9.17, 15) is 14.4 Å². The van der Waals surface area contributed by atoms with Gasteiger partial charge >= 0.3 is 0 Å². The van der Waals surface area contributed by atoms with Gasteiger partial charge in [0.25, 0.3) is 0 Å². The molecule has 3 aliphatic rings. The van der Waals surface area contributed by atoms with E-state index in [1.165, 1.54) is 17.1 Å². The fourth-order valence-corrected chi connectivity index (χ4v) is 5.87. The fraction of sp³-hybridized carbons (Fsp3) is 0.440. The SMILES string of the molecule is Cc1c(C2CN3CCN(C(=O)C4CCc5cc(-n6cnnn6)ncc54)C[C@@H]3CN2)ccc(F)c1C#N. The maximum atomic E-state index is 14.0. The number of nitrogens with one attached hydrogen (secondary N) is 1. The predicted molar refractivity (Wildman–Crippen MR) is 127 cm³/mol. The van der Waals surface area contributed by atoms with Gasteiger partial charge in [-0.25, -0.2) is 9.37 Å². The summed E-state index contributed by atoms with van der Waals surface area (Å²) in [5.74, 6) is 0.175. The molecule has 3 aromatic rings. The number of carbonyl (C=O) groups is 1. The smallest absolute Gasteiger partial charge is 0.230 e. The highest BCUT2D eigenvalue weighted by molar-refractivity contribution is 5.85. The summed E-state index contributed by atoms with van der Waals surface area (Å²) in [7, 11) is 0. The molecule has 1 aromatic carbocycles. The summed E-state index contributed by atoms with van der Waals surface area (Å²) in [5, 5.41) is 24.1. The number of rotatable bonds is 3. The van der Waals surface area contributed by atoms with E-state index < -0.39 is 5.82 Å². The molecule has 1 aliphatic carbocycles. The summed E-state index contributed by atoms with van der Waals surface area (Å²) < 4.78 is 15.5. The molecule has 3 atom stereocenters. The third kappa shape index (κ3) is 3.83. The zero-order valence-electron chi connectivity index (χ0n) is 19.9. The van der Waals surface area contributed by atoms with Crippen molar-refractivity contribution in [2.24, 2.45) is 0 Å². The minimum absolute atomic E-state index is 0.0263. The molecule has 36 heavy (non-hydrogen) atoms. The number of carbonyl (C=O) groups excluding carboxylic acids is 1. The number of hydrogen-bond acceptors (Lipinski definition) is 8. The van der Waals surface area contributed by atoms with Gasteiger partial charge < -0.3 is 10.2 Å². The minimum Gasteiger partial charge on any atom is -0.339 e. The van der Waals surface area contributed by atoms with Gasteiger partial charge in [0.05, 0.1) is 11.5 Å². The summed E-state index contributed by atoms with van der Waals surface area (Å²) in [5.41, 5.74) is 3.89. The van der Waals surface area contributed by atoms with Crippen molar-refractivity contribution in [3.8, 4) is 11.9 Å². The van der Waals surface area contributed by atoms with Crippen LogP contribution in [0.4, 0.5) is 4.39 Å². The molecule has 0 spiro atoms. The van der Waals surface area contributed by atoms with Crippen LogP contribution in [-0.4, -0.2) is 79.7 Å². The van der Waals surface area contributed by atoms with Crippen molar-refractivity contribution in [2.75, 3.05) is 32.7 Å². The Hall–Kier alpha value is -3.75. The summed E-state index contributed by atoms with van der Waals surface area (Å²) in [4.78, 5) is 22.4. The molecule has 2 saturated heterocycles. The number of halogens is 1. The summed E-state index contributed by atoms with van der Waals surface area (Å²) in [6, 6.07) is 7.36. The first kappa shape index (κ1) is 22.7. The zero-order chi connectivity index (χ0) is 24.8. The van der Waals surface area contributed by atoms with Crippen LogP contribution in [-0.2, 0) is 11.2 Å². The molecule has 1 amide bonds. The van der Waals surface area contributed by atoms with Crippen LogP contribution in [0.3, 0.4) is 0 Å². The Bertz CT molecular complexity index is 1350. The summed E-state index contributed by atoms with van der Waals surface area (Å²) >= 11 is 0. The third-order valence-electron chi connectivity index (χ3n) is 7.85. The van der Waals surface area contributed by atoms with Gasteiger partial charge in [-0.2, -0.15) is 9.94 Å². The van der Waals surface area contributed by atoms with Crippen LogP contribution >= 0.6 is 0 Å². The van der Waals surface area contributed by atoms with Crippen molar-refractivity contribution in [2.45, 2.75) is 37.8 Å². The Kier molecular flexibility index (Phi) is 5.70. The van der Waals surface area contributed by atoms with Crippen molar-refractivity contribution >= 4 is 5.91 Å². The van der Waals surface area contributed by atoms with Gasteiger partial charge in [-0.3, -0.25) is 9.69 Å². The predicted octanol–water partition coefficient (Wildman–Crippen LogP) is 1.26. The normalized spacial score (nSPS) is 23.7. The number of amides is 1. The molecule has 10 nitrogen and oxygen atoms in total. The fourth-order valence-electron chi connectivity index (χ4n) is 5.87. The molecule has 184 valence electrons. The zero-order valence-corrected chi connectivity index (χ0v) is 19.9. The number of aryl methyl sites for hydroxylation is 1. The van der Waals surface area contributed by atoms with Gasteiger partial charge in [-0.05, 0) is 64.6 Å². The molecule has 11 heteroatoms. The molecule has 0 radical (unpaired) electrons. The molecule has 2 aliphatic heterocycles. The topological polar surface area (TPSA) is 116 Å². The first-order valence-corrected chi connectivity index (χ1v) is 12.2. The van der Waals surface area contributed by atoms with Crippen LogP contribution in [0, 0.1) is 24.1 Å². The van der Waals surface area contributed by atoms with E-state index in [2.05, 4.69) is 30.7 Å². The van der Waals surface area contributed by atoms with Crippen LogP contribution in [0.2, 0.25) is 0 Å². The molecule has 4 heterocycles. The Morgan fingerprint density at radius 2 is 2.14 bits per heavy atom. The largest absolute Gasteiger partial charge is 0.339 e. The van der Waals surface area contributed by atoms with Crippen LogP contribution in [0.15, 0.2) is 30.7 Å². The lowest BCUT2D eigenvalue weighted by molar-refractivity contribution is -0.136. The highest BCUT2D eigenvalue weighted by Crippen LogP contribution is 2.36. The van der Waals surface area contributed by atoms with Crippen molar-refractivity contribution in [3.63, 3.8) is 0 Å². The van der Waals surface area contributed by atoms with Gasteiger partial charge in [-0.1, -0.05) is 6.07 Å². The number of pyridine rings is 1. The lowest BCUT2D eigenvalue weighted by atomic mass is 9.93. The minimum atomic E-state index is -0.477. The van der Waals surface area contributed by atoms with Crippen molar-refractivity contribution in [1.82, 2.24) is 40.3 Å². The van der Waals surface area contributed by atoms with Gasteiger partial charge in [0.15, 0.2) is 5.82 Å². The monoisotopic (exact) mass is 487 g/mol. The van der Waals surface area contributed by atoms with Gasteiger partial charge in [0.1, 0.15) is 18.2 Å². The molecule has 2 fully saturated rings. The number of nitrogens with zero attached hydrogens (tertiary/aromatic N) is 8. The molecule has 0 bridgehead atoms. The Morgan fingerprint density at radius 3 is 2.94 bits per heavy atom. The van der Waals surface area contributed by atoms with E-state index in [1.54, 1.807) is 19.2 Å². The third-order valence-corrected chi connectivity index (χ3v) is 7.85. The number of benzene rings is 1. The maximum absolute atomic E-state index is 14.0. The summed E-state index contributed by atoms with van der Waals surface area (Å²) in [6.07, 6.45) is 4.92. The number of aromatic nitrogens is 5. The van der Waals surface area contributed by atoms with E-state index in [0.717, 1.165) is 49.2 Å². The standard InChI is InChI=1S/C25H26FN9O/c1-15-18(4-5-22(26)20(15)9-27)23-13-33-6-7-34(12-17(33)10-28-23)25(36)19-3-2-16-8-24(29-11-21(16)19)35-14-30-31-32-35/h4-5,8,11,14,17,19,23,28H,2-3,6-7,10,12-13H2,1H3/t17-,19?,23?/m0/s1. The number of fused-ring (bicyclic) bond motifs is 2. The highest BCUT2D eigenvalue weighted by Gasteiger charge is 2.39. The van der Waals surface area contributed by atoms with Crippen LogP contribution in [0.1, 0.15) is 46.2 Å². The average Bonchev–Trinajstić information content (AvgIpc) is 3.58. The first-order valence-electron chi connectivity index (χ1n) is 12.2. The van der Waals surface area contributed by atoms with E-state index in [1.807, 2.05) is 17.0 Å². The molecule has 2 unspecified atom stereocenters. The molecular weight excluding hydrogens is 461 g/mol. The second-order valence-electron chi connectivity index (χ2n) is 9.73. The second-order valence-corrected chi connectivity index (χ2v) is 9.73.